The third-order valence-corrected chi connectivity index (χ3v) is 2.56. The molecule has 100 valence electrons. The Morgan fingerprint density at radius 2 is 2.33 bits per heavy atom. The topological polar surface area (TPSA) is 76.8 Å². The van der Waals surface area contributed by atoms with E-state index in [2.05, 4.69) is 27.3 Å². The second-order valence-electron chi connectivity index (χ2n) is 4.24. The molecule has 5 heteroatoms. The molecule has 1 unspecified atom stereocenters. The Kier molecular flexibility index (Phi) is 7.85. The largest absolute Gasteiger partial charge is 0.380 e. The molecule has 1 atom stereocenters. The summed E-state index contributed by atoms with van der Waals surface area (Å²) in [5, 5.41) is 10.4. The van der Waals surface area contributed by atoms with Gasteiger partial charge in [0.1, 0.15) is 0 Å². The molecule has 5 nitrogen and oxygen atoms in total. The number of unbranched alkanes of at least 4 members (excludes halogenated alkanes) is 2. The summed E-state index contributed by atoms with van der Waals surface area (Å²) in [5.41, 5.74) is 6.84. The van der Waals surface area contributed by atoms with Crippen LogP contribution in [0, 0.1) is 11.8 Å². The summed E-state index contributed by atoms with van der Waals surface area (Å²) in [6.07, 6.45) is 6.76. The van der Waals surface area contributed by atoms with Crippen LogP contribution in [-0.2, 0) is 11.2 Å². The van der Waals surface area contributed by atoms with Gasteiger partial charge >= 0.3 is 0 Å². The number of hydrogen-bond donors (Lipinski definition) is 2. The highest BCUT2D eigenvalue weighted by molar-refractivity contribution is 4.97. The van der Waals surface area contributed by atoms with Crippen LogP contribution in [0.25, 0.3) is 0 Å². The van der Waals surface area contributed by atoms with E-state index >= 15 is 0 Å². The first kappa shape index (κ1) is 14.7. The second kappa shape index (κ2) is 9.63. The summed E-state index contributed by atoms with van der Waals surface area (Å²) < 4.78 is 5.50. The molecule has 0 spiro atoms. The Balaban J connectivity index is 1.87. The Labute approximate surface area is 108 Å². The minimum absolute atomic E-state index is 0.0348. The zero-order chi connectivity index (χ0) is 13.1. The lowest BCUT2D eigenvalue weighted by molar-refractivity contribution is 0.118. The second-order valence-corrected chi connectivity index (χ2v) is 4.24. The van der Waals surface area contributed by atoms with Gasteiger partial charge in [-0.1, -0.05) is 6.42 Å². The molecule has 0 fully saturated rings. The Morgan fingerprint density at radius 3 is 3.06 bits per heavy atom. The maximum absolute atomic E-state index is 5.82. The van der Waals surface area contributed by atoms with Crippen molar-refractivity contribution in [2.45, 2.75) is 45.1 Å². The van der Waals surface area contributed by atoms with Crippen molar-refractivity contribution in [3.8, 4) is 11.8 Å². The molecule has 0 bridgehead atoms. The maximum atomic E-state index is 5.82. The molecule has 0 aromatic carbocycles. The zero-order valence-corrected chi connectivity index (χ0v) is 11.0. The van der Waals surface area contributed by atoms with E-state index in [1.165, 1.54) is 0 Å². The van der Waals surface area contributed by atoms with Gasteiger partial charge in [0.2, 0.25) is 0 Å². The van der Waals surface area contributed by atoms with E-state index in [1.54, 1.807) is 6.20 Å². The van der Waals surface area contributed by atoms with Gasteiger partial charge in [0.25, 0.3) is 0 Å². The highest BCUT2D eigenvalue weighted by Gasteiger charge is 2.00. The van der Waals surface area contributed by atoms with Crippen LogP contribution >= 0.6 is 0 Å². The molecule has 0 aliphatic heterocycles. The molecular formula is C13H22N4O. The monoisotopic (exact) mass is 250 g/mol. The number of nitrogens with zero attached hydrogens (tertiary/aromatic N) is 2. The Bertz CT molecular complexity index is 353. The van der Waals surface area contributed by atoms with Crippen molar-refractivity contribution in [3.63, 3.8) is 0 Å². The van der Waals surface area contributed by atoms with Crippen molar-refractivity contribution in [3.05, 3.63) is 11.9 Å². The minimum atomic E-state index is 0.0348. The van der Waals surface area contributed by atoms with Gasteiger partial charge in [0.05, 0.1) is 18.5 Å². The van der Waals surface area contributed by atoms with Gasteiger partial charge in [0.15, 0.2) is 0 Å². The van der Waals surface area contributed by atoms with Crippen LogP contribution < -0.4 is 5.73 Å². The quantitative estimate of drug-likeness (QED) is 0.511. The number of aromatic amines is 1. The van der Waals surface area contributed by atoms with Gasteiger partial charge < -0.3 is 10.5 Å². The van der Waals surface area contributed by atoms with E-state index in [-0.39, 0.29) is 6.04 Å². The fourth-order valence-electron chi connectivity index (χ4n) is 1.56. The molecule has 1 aromatic heterocycles. The van der Waals surface area contributed by atoms with E-state index in [4.69, 9.17) is 10.5 Å². The molecule has 1 aromatic rings. The molecule has 1 heterocycles. The first-order valence-corrected chi connectivity index (χ1v) is 6.40. The van der Waals surface area contributed by atoms with Crippen molar-refractivity contribution in [2.75, 3.05) is 13.2 Å². The predicted molar refractivity (Wildman–Crippen MR) is 70.8 cm³/mol. The fraction of sp³-hybridized carbons (Fsp3) is 0.692. The molecule has 0 radical (unpaired) electrons. The number of nitrogens with one attached hydrogen (secondary N) is 1. The molecule has 3 N–H and O–H groups in total. The van der Waals surface area contributed by atoms with Gasteiger partial charge in [0, 0.05) is 19.1 Å². The predicted octanol–water partition coefficient (Wildman–Crippen LogP) is 1.27. The van der Waals surface area contributed by atoms with Crippen LogP contribution in [0.5, 0.6) is 0 Å². The fourth-order valence-corrected chi connectivity index (χ4v) is 1.56. The van der Waals surface area contributed by atoms with E-state index in [9.17, 15) is 0 Å². The van der Waals surface area contributed by atoms with Crippen LogP contribution in [0.2, 0.25) is 0 Å². The lowest BCUT2D eigenvalue weighted by atomic mass is 10.1. The van der Waals surface area contributed by atoms with Crippen molar-refractivity contribution in [1.82, 2.24) is 15.4 Å². The molecule has 0 saturated heterocycles. The summed E-state index contributed by atoms with van der Waals surface area (Å²) in [6.45, 7) is 3.19. The normalized spacial score (nSPS) is 11.9. The van der Waals surface area contributed by atoms with Gasteiger partial charge in [-0.2, -0.15) is 15.4 Å². The first-order chi connectivity index (χ1) is 8.83. The number of ether oxygens (including phenoxy) is 1. The highest BCUT2D eigenvalue weighted by atomic mass is 16.5. The highest BCUT2D eigenvalue weighted by Crippen LogP contribution is 2.02. The molecule has 0 aliphatic carbocycles. The first-order valence-electron chi connectivity index (χ1n) is 6.40. The van der Waals surface area contributed by atoms with Gasteiger partial charge in [-0.25, -0.2) is 0 Å². The average molecular weight is 250 g/mol. The molecule has 0 aliphatic rings. The van der Waals surface area contributed by atoms with Crippen LogP contribution in [0.15, 0.2) is 6.20 Å². The standard InChI is InChI=1S/C13H22N4O/c1-2-3-7-12(14)11-18-9-6-4-5-8-13-10-15-17-16-13/h10,12H,4-9,11,14H2,1H3,(H,15,16,17). The van der Waals surface area contributed by atoms with Gasteiger partial charge in [-0.05, 0) is 26.2 Å². The summed E-state index contributed by atoms with van der Waals surface area (Å²) >= 11 is 0. The number of hydrogen-bond acceptors (Lipinski definition) is 4. The van der Waals surface area contributed by atoms with Crippen LogP contribution in [0.1, 0.15) is 38.3 Å². The van der Waals surface area contributed by atoms with Crippen molar-refractivity contribution >= 4 is 0 Å². The summed E-state index contributed by atoms with van der Waals surface area (Å²) in [7, 11) is 0. The van der Waals surface area contributed by atoms with E-state index in [0.29, 0.717) is 13.0 Å². The van der Waals surface area contributed by atoms with E-state index < -0.39 is 0 Å². The SMILES string of the molecule is CC#CCC(N)COCCCCCc1cn[nH]n1. The maximum Gasteiger partial charge on any atom is 0.0824 e. The minimum Gasteiger partial charge on any atom is -0.380 e. The van der Waals surface area contributed by atoms with Crippen LogP contribution in [0.4, 0.5) is 0 Å². The van der Waals surface area contributed by atoms with E-state index in [1.807, 2.05) is 6.92 Å². The van der Waals surface area contributed by atoms with Crippen LogP contribution in [0.3, 0.4) is 0 Å². The van der Waals surface area contributed by atoms with Crippen molar-refractivity contribution in [2.24, 2.45) is 5.73 Å². The Hall–Kier alpha value is -1.38. The summed E-state index contributed by atoms with van der Waals surface area (Å²) in [5.74, 6) is 5.79. The lowest BCUT2D eigenvalue weighted by Gasteiger charge is -2.08. The van der Waals surface area contributed by atoms with Crippen molar-refractivity contribution < 1.29 is 4.74 Å². The van der Waals surface area contributed by atoms with Crippen molar-refractivity contribution in [1.29, 1.82) is 0 Å². The van der Waals surface area contributed by atoms with E-state index in [0.717, 1.165) is 38.0 Å². The third kappa shape index (κ3) is 7.05. The molecular weight excluding hydrogens is 228 g/mol. The third-order valence-electron chi connectivity index (χ3n) is 2.56. The summed E-state index contributed by atoms with van der Waals surface area (Å²) in [4.78, 5) is 0. The Morgan fingerprint density at radius 1 is 1.44 bits per heavy atom. The van der Waals surface area contributed by atoms with Gasteiger partial charge in [-0.3, -0.25) is 0 Å². The number of H-pyrrole nitrogens is 1. The number of aromatic nitrogens is 3. The number of nitrogens with two attached hydrogens (primary N) is 1. The zero-order valence-electron chi connectivity index (χ0n) is 11.0. The average Bonchev–Trinajstić information content (AvgIpc) is 2.88. The van der Waals surface area contributed by atoms with Crippen LogP contribution in [-0.4, -0.2) is 34.7 Å². The molecule has 0 amide bonds. The molecule has 18 heavy (non-hydrogen) atoms. The molecule has 0 saturated carbocycles. The number of rotatable bonds is 9. The molecule has 1 rings (SSSR count). The summed E-state index contributed by atoms with van der Waals surface area (Å²) in [6, 6.07) is 0.0348. The number of aryl methyl sites for hydroxylation is 1. The lowest BCUT2D eigenvalue weighted by Crippen LogP contribution is -2.25. The van der Waals surface area contributed by atoms with Gasteiger partial charge in [-0.15, -0.1) is 11.8 Å². The smallest absolute Gasteiger partial charge is 0.0824 e.